The molecule has 13 heteroatoms. The molecule has 186 valence electrons. The van der Waals surface area contributed by atoms with Crippen molar-refractivity contribution in [1.29, 1.82) is 0 Å². The SMILES string of the molecule is COc1ccc2nc(N(/N=C/c3ccc([N+](=O)[O-])o3)C(=O)c3cccc(N4C(=O)CCC4=O)c3)sc2c1. The van der Waals surface area contributed by atoms with Gasteiger partial charge in [0, 0.05) is 18.4 Å². The molecule has 0 aliphatic carbocycles. The lowest BCUT2D eigenvalue weighted by Gasteiger charge is -2.17. The number of ether oxygens (including phenoxy) is 1. The zero-order valence-corrected chi connectivity index (χ0v) is 20.0. The zero-order valence-electron chi connectivity index (χ0n) is 19.2. The van der Waals surface area contributed by atoms with Crippen LogP contribution in [0.1, 0.15) is 29.0 Å². The summed E-state index contributed by atoms with van der Waals surface area (Å²) in [7, 11) is 1.54. The molecule has 0 N–H and O–H groups in total. The van der Waals surface area contributed by atoms with E-state index in [-0.39, 0.29) is 46.8 Å². The minimum absolute atomic E-state index is 0.0503. The molecule has 0 unspecified atom stereocenters. The van der Waals surface area contributed by atoms with E-state index in [4.69, 9.17) is 9.15 Å². The molecule has 3 amide bonds. The van der Waals surface area contributed by atoms with Gasteiger partial charge in [-0.1, -0.05) is 17.4 Å². The van der Waals surface area contributed by atoms with Crippen LogP contribution in [0.15, 0.2) is 64.1 Å². The van der Waals surface area contributed by atoms with E-state index < -0.39 is 16.7 Å². The summed E-state index contributed by atoms with van der Waals surface area (Å²) >= 11 is 1.18. The summed E-state index contributed by atoms with van der Waals surface area (Å²) in [4.78, 5) is 53.8. The molecule has 1 aliphatic heterocycles. The fraction of sp³-hybridized carbons (Fsp3) is 0.125. The normalized spacial score (nSPS) is 13.6. The number of thiazole rings is 1. The number of hydrogen-bond acceptors (Lipinski definition) is 10. The van der Waals surface area contributed by atoms with E-state index in [0.29, 0.717) is 11.3 Å². The van der Waals surface area contributed by atoms with Gasteiger partial charge in [-0.15, -0.1) is 0 Å². The highest BCUT2D eigenvalue weighted by molar-refractivity contribution is 7.22. The minimum atomic E-state index is -0.687. The quantitative estimate of drug-likeness (QED) is 0.153. The Bertz CT molecular complexity index is 1580. The lowest BCUT2D eigenvalue weighted by Crippen LogP contribution is -2.29. The summed E-state index contributed by atoms with van der Waals surface area (Å²) < 4.78 is 11.1. The third kappa shape index (κ3) is 4.67. The van der Waals surface area contributed by atoms with Crippen LogP contribution >= 0.6 is 11.3 Å². The van der Waals surface area contributed by atoms with Gasteiger partial charge in [0.1, 0.15) is 10.7 Å². The molecule has 2 aromatic carbocycles. The number of fused-ring (bicyclic) bond motifs is 1. The summed E-state index contributed by atoms with van der Waals surface area (Å²) in [5, 5.41) is 16.4. The maximum atomic E-state index is 13.6. The first-order valence-corrected chi connectivity index (χ1v) is 11.7. The highest BCUT2D eigenvalue weighted by Crippen LogP contribution is 2.33. The molecule has 0 atom stereocenters. The number of rotatable bonds is 7. The first-order chi connectivity index (χ1) is 17.8. The third-order valence-corrected chi connectivity index (χ3v) is 6.45. The van der Waals surface area contributed by atoms with Gasteiger partial charge in [-0.25, -0.2) is 4.98 Å². The summed E-state index contributed by atoms with van der Waals surface area (Å²) in [6.45, 7) is 0. The molecule has 5 rings (SSSR count). The molecular weight excluding hydrogens is 502 g/mol. The summed E-state index contributed by atoms with van der Waals surface area (Å²) in [5.41, 5.74) is 1.02. The average Bonchev–Trinajstić information content (AvgIpc) is 3.62. The van der Waals surface area contributed by atoms with Gasteiger partial charge in [0.05, 0.1) is 35.3 Å². The molecule has 0 radical (unpaired) electrons. The van der Waals surface area contributed by atoms with Crippen molar-refractivity contribution in [3.05, 3.63) is 76.0 Å². The lowest BCUT2D eigenvalue weighted by molar-refractivity contribution is -0.402. The van der Waals surface area contributed by atoms with E-state index in [9.17, 15) is 24.5 Å². The van der Waals surface area contributed by atoms with Crippen molar-refractivity contribution < 1.29 is 28.5 Å². The number of hydrogen-bond donors (Lipinski definition) is 0. The van der Waals surface area contributed by atoms with Crippen molar-refractivity contribution in [3.8, 4) is 5.75 Å². The van der Waals surface area contributed by atoms with Gasteiger partial charge in [0.2, 0.25) is 16.9 Å². The number of nitro groups is 1. The van der Waals surface area contributed by atoms with Crippen molar-refractivity contribution in [1.82, 2.24) is 4.98 Å². The van der Waals surface area contributed by atoms with Gasteiger partial charge < -0.3 is 9.15 Å². The second-order valence-corrected chi connectivity index (χ2v) is 8.81. The maximum absolute atomic E-state index is 13.6. The number of nitrogens with zero attached hydrogens (tertiary/aromatic N) is 5. The largest absolute Gasteiger partial charge is 0.497 e. The maximum Gasteiger partial charge on any atom is 0.433 e. The van der Waals surface area contributed by atoms with Crippen LogP contribution in [0.4, 0.5) is 16.7 Å². The molecule has 0 bridgehead atoms. The summed E-state index contributed by atoms with van der Waals surface area (Å²) in [5.74, 6) is -1.11. The van der Waals surface area contributed by atoms with Crippen molar-refractivity contribution >= 4 is 62.2 Å². The van der Waals surface area contributed by atoms with E-state index >= 15 is 0 Å². The van der Waals surface area contributed by atoms with Crippen LogP contribution in [0.5, 0.6) is 5.75 Å². The predicted octanol–water partition coefficient (Wildman–Crippen LogP) is 4.14. The molecule has 1 fully saturated rings. The van der Waals surface area contributed by atoms with Crippen LogP contribution in [0.3, 0.4) is 0 Å². The Morgan fingerprint density at radius 3 is 2.68 bits per heavy atom. The van der Waals surface area contributed by atoms with Crippen molar-refractivity contribution in [2.45, 2.75) is 12.8 Å². The number of aromatic nitrogens is 1. The Kier molecular flexibility index (Phi) is 6.19. The number of imide groups is 1. The molecular formula is C24H17N5O7S. The molecule has 37 heavy (non-hydrogen) atoms. The fourth-order valence-corrected chi connectivity index (χ4v) is 4.64. The molecule has 1 saturated heterocycles. The number of methoxy groups -OCH3 is 1. The van der Waals surface area contributed by atoms with E-state index in [0.717, 1.165) is 20.8 Å². The van der Waals surface area contributed by atoms with Crippen molar-refractivity contribution in [2.75, 3.05) is 17.0 Å². The molecule has 3 heterocycles. The highest BCUT2D eigenvalue weighted by Gasteiger charge is 2.31. The minimum Gasteiger partial charge on any atom is -0.497 e. The molecule has 1 aliphatic rings. The standard InChI is InChI=1S/C24H17N5O7S/c1-35-16-5-7-18-19(12-16)37-24(26-18)28(25-13-17-6-10-22(36-17)29(33)34)23(32)14-3-2-4-15(11-14)27-20(30)8-9-21(27)31/h2-7,10-13H,8-9H2,1H3/b25-13+. The van der Waals surface area contributed by atoms with E-state index in [1.165, 1.54) is 42.7 Å². The first-order valence-electron chi connectivity index (χ1n) is 10.9. The topological polar surface area (TPSA) is 148 Å². The van der Waals surface area contributed by atoms with Crippen LogP contribution < -0.4 is 14.6 Å². The van der Waals surface area contributed by atoms with Crippen LogP contribution in [0.2, 0.25) is 0 Å². The monoisotopic (exact) mass is 519 g/mol. The molecule has 0 saturated carbocycles. The Balaban J connectivity index is 1.54. The average molecular weight is 519 g/mol. The first kappa shape index (κ1) is 23.8. The van der Waals surface area contributed by atoms with Gasteiger partial charge in [-0.05, 0) is 42.5 Å². The van der Waals surface area contributed by atoms with Gasteiger partial charge >= 0.3 is 5.88 Å². The van der Waals surface area contributed by atoms with Gasteiger partial charge in [0.25, 0.3) is 5.91 Å². The Labute approximate surface area is 212 Å². The number of benzene rings is 2. The second kappa shape index (κ2) is 9.62. The third-order valence-electron chi connectivity index (χ3n) is 5.45. The lowest BCUT2D eigenvalue weighted by atomic mass is 10.1. The van der Waals surface area contributed by atoms with Crippen LogP contribution in [-0.4, -0.2) is 41.0 Å². The van der Waals surface area contributed by atoms with Gasteiger partial charge in [-0.3, -0.25) is 29.4 Å². The van der Waals surface area contributed by atoms with Crippen LogP contribution in [0, 0.1) is 10.1 Å². The Morgan fingerprint density at radius 2 is 1.97 bits per heavy atom. The second-order valence-electron chi connectivity index (χ2n) is 7.80. The highest BCUT2D eigenvalue weighted by atomic mass is 32.1. The van der Waals surface area contributed by atoms with Crippen LogP contribution in [-0.2, 0) is 9.59 Å². The summed E-state index contributed by atoms with van der Waals surface area (Å²) in [6.07, 6.45) is 1.38. The Morgan fingerprint density at radius 1 is 1.19 bits per heavy atom. The van der Waals surface area contributed by atoms with Crippen LogP contribution in [0.25, 0.3) is 10.2 Å². The zero-order chi connectivity index (χ0) is 26.1. The summed E-state index contributed by atoms with van der Waals surface area (Å²) in [6, 6.07) is 13.8. The van der Waals surface area contributed by atoms with Gasteiger partial charge in [0.15, 0.2) is 5.76 Å². The molecule has 2 aromatic heterocycles. The van der Waals surface area contributed by atoms with E-state index in [1.54, 1.807) is 30.3 Å². The van der Waals surface area contributed by atoms with E-state index in [1.807, 2.05) is 0 Å². The van der Waals surface area contributed by atoms with Gasteiger partial charge in [-0.2, -0.15) is 10.1 Å². The van der Waals surface area contributed by atoms with Crippen molar-refractivity contribution in [2.24, 2.45) is 5.10 Å². The number of amides is 3. The predicted molar refractivity (Wildman–Crippen MR) is 134 cm³/mol. The Hall–Kier alpha value is -4.91. The number of furan rings is 1. The number of anilines is 2. The number of carbonyl (C=O) groups excluding carboxylic acids is 3. The fourth-order valence-electron chi connectivity index (χ4n) is 3.69. The smallest absolute Gasteiger partial charge is 0.433 e. The number of hydrazone groups is 1. The molecule has 12 nitrogen and oxygen atoms in total. The molecule has 0 spiro atoms. The van der Waals surface area contributed by atoms with Crippen molar-refractivity contribution in [3.63, 3.8) is 0 Å². The molecule has 4 aromatic rings. The van der Waals surface area contributed by atoms with E-state index in [2.05, 4.69) is 10.1 Å². The number of carbonyl (C=O) groups is 3.